The van der Waals surface area contributed by atoms with Crippen molar-refractivity contribution in [3.05, 3.63) is 131 Å². The highest BCUT2D eigenvalue weighted by Gasteiger charge is 2.63. The Kier molecular flexibility index (Phi) is 7.86. The third-order valence-corrected chi connectivity index (χ3v) is 19.7. The molecule has 4 nitrogen and oxygen atoms in total. The molecule has 14 rings (SSSR count). The van der Waals surface area contributed by atoms with Gasteiger partial charge < -0.3 is 18.8 Å². The Hall–Kier alpha value is -5.68. The first-order valence-electron chi connectivity index (χ1n) is 26.1. The van der Waals surface area contributed by atoms with Crippen LogP contribution in [0.4, 0.5) is 22.7 Å². The average molecular weight is 892 g/mol. The third-order valence-electron chi connectivity index (χ3n) is 19.7. The second-order valence-electron chi connectivity index (χ2n) is 25.2. The molecule has 0 bridgehead atoms. The normalized spacial score (nSPS) is 25.5. The summed E-state index contributed by atoms with van der Waals surface area (Å²) in [5, 5.41) is 2.41. The number of anilines is 4. The van der Waals surface area contributed by atoms with E-state index in [4.69, 9.17) is 4.42 Å². The Morgan fingerprint density at radius 3 is 1.96 bits per heavy atom. The van der Waals surface area contributed by atoms with Crippen molar-refractivity contribution in [3.8, 4) is 16.8 Å². The van der Waals surface area contributed by atoms with Gasteiger partial charge in [0.25, 0.3) is 6.71 Å². The maximum atomic E-state index is 7.11. The number of hydrogen-bond acceptors (Lipinski definition) is 3. The molecule has 342 valence electrons. The molecule has 4 aliphatic heterocycles. The molecule has 4 unspecified atom stereocenters. The predicted octanol–water partition coefficient (Wildman–Crippen LogP) is 14.7. The smallest absolute Gasteiger partial charge is 0.252 e. The van der Waals surface area contributed by atoms with Crippen LogP contribution in [0.25, 0.3) is 49.8 Å². The van der Waals surface area contributed by atoms with Gasteiger partial charge in [-0.25, -0.2) is 0 Å². The van der Waals surface area contributed by atoms with Crippen LogP contribution in [0.15, 0.2) is 108 Å². The molecule has 2 aliphatic carbocycles. The Labute approximate surface area is 403 Å². The zero-order valence-corrected chi connectivity index (χ0v) is 42.3. The third kappa shape index (κ3) is 4.85. The number of fused-ring (bicyclic) bond motifs is 15. The Bertz CT molecular complexity index is 3560. The van der Waals surface area contributed by atoms with E-state index in [1.165, 1.54) is 139 Å². The number of aryl methyl sites for hydroxylation is 1. The van der Waals surface area contributed by atoms with Gasteiger partial charge in [0.05, 0.1) is 16.6 Å². The summed E-state index contributed by atoms with van der Waals surface area (Å²) in [6, 6.07) is 41.1. The summed E-state index contributed by atoms with van der Waals surface area (Å²) in [5.74, 6) is 0. The summed E-state index contributed by atoms with van der Waals surface area (Å²) in [7, 11) is 0. The Morgan fingerprint density at radius 2 is 1.22 bits per heavy atom. The second kappa shape index (κ2) is 12.9. The number of hydrogen-bond donors (Lipinski definition) is 0. The summed E-state index contributed by atoms with van der Waals surface area (Å²) in [5.41, 5.74) is 25.3. The van der Waals surface area contributed by atoms with Crippen LogP contribution in [0.2, 0.25) is 0 Å². The summed E-state index contributed by atoms with van der Waals surface area (Å²) in [4.78, 5) is 5.81. The molecule has 6 aromatic carbocycles. The molecule has 6 heterocycles. The highest BCUT2D eigenvalue weighted by atomic mass is 16.3. The van der Waals surface area contributed by atoms with Crippen molar-refractivity contribution in [2.24, 2.45) is 0 Å². The van der Waals surface area contributed by atoms with E-state index < -0.39 is 0 Å². The Morgan fingerprint density at radius 1 is 0.559 bits per heavy atom. The van der Waals surface area contributed by atoms with Crippen molar-refractivity contribution in [3.63, 3.8) is 0 Å². The SMILES string of the molecule is Cc1ccccc1-c1cc2c3c(c1)C1(C)CCCCC1(C)N3c1cc(N3c4ccc(C(C)(C)C)cc4C4(C)CCCCC34C)cc3c1B2c1cc(C(C)(C)C)cc2c4oc5ccccc5c4n-3c12. The van der Waals surface area contributed by atoms with Crippen molar-refractivity contribution in [2.75, 3.05) is 9.80 Å². The fraction of sp³-hybridized carbons (Fsp3) is 0.397. The lowest BCUT2D eigenvalue weighted by Crippen LogP contribution is -2.64. The topological polar surface area (TPSA) is 24.6 Å². The van der Waals surface area contributed by atoms with Gasteiger partial charge in [-0.15, -0.1) is 0 Å². The first-order valence-corrected chi connectivity index (χ1v) is 26.1. The van der Waals surface area contributed by atoms with E-state index in [0.717, 1.165) is 24.0 Å². The van der Waals surface area contributed by atoms with Crippen LogP contribution >= 0.6 is 0 Å². The van der Waals surface area contributed by atoms with Crippen molar-refractivity contribution in [1.29, 1.82) is 0 Å². The van der Waals surface area contributed by atoms with Gasteiger partial charge in [-0.05, 0) is 155 Å². The zero-order valence-electron chi connectivity index (χ0n) is 42.3. The maximum Gasteiger partial charge on any atom is 0.252 e. The van der Waals surface area contributed by atoms with Crippen molar-refractivity contribution in [2.45, 2.75) is 160 Å². The predicted molar refractivity (Wildman–Crippen MR) is 288 cm³/mol. The van der Waals surface area contributed by atoms with Gasteiger partial charge in [0.15, 0.2) is 5.58 Å². The molecule has 5 heteroatoms. The molecule has 2 fully saturated rings. The van der Waals surface area contributed by atoms with Crippen LogP contribution in [-0.2, 0) is 21.7 Å². The molecule has 8 aromatic rings. The van der Waals surface area contributed by atoms with Crippen LogP contribution in [0.1, 0.15) is 148 Å². The quantitative estimate of drug-likeness (QED) is 0.162. The van der Waals surface area contributed by atoms with Gasteiger partial charge in [0.2, 0.25) is 0 Å². The summed E-state index contributed by atoms with van der Waals surface area (Å²) >= 11 is 0. The highest BCUT2D eigenvalue weighted by molar-refractivity contribution is 7.00. The van der Waals surface area contributed by atoms with E-state index in [0.29, 0.717) is 0 Å². The average Bonchev–Trinajstić information content (AvgIpc) is 3.96. The molecule has 0 radical (unpaired) electrons. The van der Waals surface area contributed by atoms with Gasteiger partial charge >= 0.3 is 0 Å². The van der Waals surface area contributed by atoms with Crippen LogP contribution in [0.3, 0.4) is 0 Å². The molecule has 0 saturated heterocycles. The number of para-hydroxylation sites is 1. The van der Waals surface area contributed by atoms with Crippen LogP contribution in [0, 0.1) is 6.92 Å². The fourth-order valence-electron chi connectivity index (χ4n) is 15.5. The standard InChI is InChI=1S/C63H66BN3O/c1-37-20-12-13-21-42(37)38-30-46-56-47(31-38)64-48-34-40(59(5,6)7)32-44-54(48)65(55-43-22-14-15-23-52(43)68-57(44)55)50-35-41(36-51(53(50)64)67(56)63(11)29-19-17-27-61(46,63)9)66-49-25-24-39(58(2,3)4)33-45(49)60(8)26-16-18-28-62(60,66)10/h12-15,20-25,30-36H,16-19,26-29H2,1-11H3. The van der Waals surface area contributed by atoms with Gasteiger partial charge in [0, 0.05) is 50.0 Å². The monoisotopic (exact) mass is 892 g/mol. The van der Waals surface area contributed by atoms with Gasteiger partial charge in [-0.3, -0.25) is 0 Å². The van der Waals surface area contributed by atoms with Gasteiger partial charge in [0.1, 0.15) is 11.1 Å². The van der Waals surface area contributed by atoms with Crippen LogP contribution in [-0.4, -0.2) is 22.4 Å². The van der Waals surface area contributed by atoms with Crippen molar-refractivity contribution in [1.82, 2.24) is 4.57 Å². The fourth-order valence-corrected chi connectivity index (χ4v) is 15.5. The summed E-state index contributed by atoms with van der Waals surface area (Å²) in [6.45, 7) is 27.1. The molecule has 2 saturated carbocycles. The highest BCUT2D eigenvalue weighted by Crippen LogP contribution is 2.65. The van der Waals surface area contributed by atoms with Crippen molar-refractivity contribution < 1.29 is 4.42 Å². The van der Waals surface area contributed by atoms with E-state index >= 15 is 0 Å². The lowest BCUT2D eigenvalue weighted by atomic mass is 9.33. The summed E-state index contributed by atoms with van der Waals surface area (Å²) < 4.78 is 9.80. The molecular weight excluding hydrogens is 826 g/mol. The van der Waals surface area contributed by atoms with E-state index in [2.05, 4.69) is 194 Å². The van der Waals surface area contributed by atoms with Crippen LogP contribution < -0.4 is 26.2 Å². The summed E-state index contributed by atoms with van der Waals surface area (Å²) in [6.07, 6.45) is 9.72. The minimum atomic E-state index is -0.116. The van der Waals surface area contributed by atoms with E-state index in [9.17, 15) is 0 Å². The second-order valence-corrected chi connectivity index (χ2v) is 25.2. The largest absolute Gasteiger partial charge is 0.454 e. The lowest BCUT2D eigenvalue weighted by molar-refractivity contribution is 0.194. The van der Waals surface area contributed by atoms with Crippen LogP contribution in [0.5, 0.6) is 0 Å². The molecule has 2 aromatic heterocycles. The first-order chi connectivity index (χ1) is 32.4. The number of aromatic nitrogens is 1. The van der Waals surface area contributed by atoms with E-state index in [1.54, 1.807) is 5.56 Å². The molecule has 0 N–H and O–H groups in total. The van der Waals surface area contributed by atoms with Gasteiger partial charge in [-0.2, -0.15) is 0 Å². The molecule has 0 amide bonds. The van der Waals surface area contributed by atoms with Gasteiger partial charge in [-0.1, -0.05) is 142 Å². The lowest BCUT2D eigenvalue weighted by Gasteiger charge is -2.53. The van der Waals surface area contributed by atoms with E-state index in [-0.39, 0.29) is 39.5 Å². The molecule has 6 aliphatic rings. The minimum absolute atomic E-state index is 0.00944. The molecule has 0 spiro atoms. The number of furan rings is 1. The number of benzene rings is 6. The molecule has 4 atom stereocenters. The first kappa shape index (κ1) is 41.3. The molecular formula is C63H66BN3O. The maximum absolute atomic E-state index is 7.11. The Balaban J connectivity index is 1.16. The molecule has 68 heavy (non-hydrogen) atoms. The van der Waals surface area contributed by atoms with Crippen molar-refractivity contribution >= 4 is 78.8 Å². The number of nitrogens with zero attached hydrogens (tertiary/aromatic N) is 3. The minimum Gasteiger partial charge on any atom is -0.454 e. The number of rotatable bonds is 2. The zero-order chi connectivity index (χ0) is 46.8. The van der Waals surface area contributed by atoms with E-state index in [1.807, 2.05) is 0 Å².